The maximum Gasteiger partial charge on any atom is 0.219 e. The van der Waals surface area contributed by atoms with Gasteiger partial charge >= 0.3 is 0 Å². The smallest absolute Gasteiger partial charge is 0.219 e. The lowest BCUT2D eigenvalue weighted by molar-refractivity contribution is 0.463. The van der Waals surface area contributed by atoms with Gasteiger partial charge in [-0.3, -0.25) is 0 Å². The summed E-state index contributed by atoms with van der Waals surface area (Å²) in [7, 11) is 1.17. The minimum atomic E-state index is -0.935. The van der Waals surface area contributed by atoms with Crippen LogP contribution in [0.2, 0.25) is 0 Å². The highest BCUT2D eigenvalue weighted by Crippen LogP contribution is 2.53. The van der Waals surface area contributed by atoms with Crippen LogP contribution in [0.5, 0.6) is 11.6 Å². The predicted molar refractivity (Wildman–Crippen MR) is 186 cm³/mol. The zero-order chi connectivity index (χ0) is 30.2. The molecule has 0 fully saturated rings. The van der Waals surface area contributed by atoms with Crippen LogP contribution < -0.4 is 25.6 Å². The van der Waals surface area contributed by atoms with Gasteiger partial charge in [0.25, 0.3) is 0 Å². The Morgan fingerprint density at radius 3 is 2.07 bits per heavy atom. The number of pyridine rings is 1. The molecule has 1 aromatic heterocycles. The van der Waals surface area contributed by atoms with Crippen molar-refractivity contribution in [3.05, 3.63) is 186 Å². The fourth-order valence-corrected chi connectivity index (χ4v) is 9.59. The fourth-order valence-electron chi connectivity index (χ4n) is 6.82. The average molecular weight is 602 g/mol. The van der Waals surface area contributed by atoms with Crippen molar-refractivity contribution in [3.8, 4) is 11.6 Å². The van der Waals surface area contributed by atoms with Gasteiger partial charge in [-0.25, -0.2) is 4.98 Å². The summed E-state index contributed by atoms with van der Waals surface area (Å²) in [5, 5.41) is 3.95. The molecule has 6 aromatic rings. The van der Waals surface area contributed by atoms with Crippen LogP contribution in [-0.2, 0) is 5.41 Å². The van der Waals surface area contributed by atoms with E-state index in [9.17, 15) is 0 Å². The van der Waals surface area contributed by atoms with Crippen LogP contribution in [0.3, 0.4) is 0 Å². The molecular formula is C40H32N3OP. The molecular weight excluding hydrogens is 569 g/mol. The van der Waals surface area contributed by atoms with E-state index in [1.807, 2.05) is 18.2 Å². The number of anilines is 1. The van der Waals surface area contributed by atoms with E-state index in [4.69, 9.17) is 4.74 Å². The number of hydrogen-bond acceptors (Lipinski definition) is 4. The Labute approximate surface area is 265 Å². The van der Waals surface area contributed by atoms with Gasteiger partial charge in [-0.1, -0.05) is 109 Å². The molecule has 4 nitrogen and oxygen atoms in total. The highest BCUT2D eigenvalue weighted by atomic mass is 31.1. The third-order valence-electron chi connectivity index (χ3n) is 8.73. The summed E-state index contributed by atoms with van der Waals surface area (Å²) in [4.78, 5) is 8.94. The summed E-state index contributed by atoms with van der Waals surface area (Å²) >= 11 is 0. The minimum absolute atomic E-state index is 0.505. The van der Waals surface area contributed by atoms with Crippen molar-refractivity contribution < 1.29 is 4.74 Å². The van der Waals surface area contributed by atoms with E-state index in [-0.39, 0.29) is 0 Å². The number of nitrogens with zero attached hydrogens (tertiary/aromatic N) is 3. The molecule has 0 bridgehead atoms. The van der Waals surface area contributed by atoms with Crippen LogP contribution in [0.1, 0.15) is 22.3 Å². The fraction of sp³-hybridized carbons (Fsp3) is 0.0750. The number of ether oxygens (including phenoxy) is 1. The van der Waals surface area contributed by atoms with Gasteiger partial charge in [0.2, 0.25) is 5.88 Å². The number of fused-ring (bicyclic) bond motifs is 2. The number of benzene rings is 5. The summed E-state index contributed by atoms with van der Waals surface area (Å²) in [5.41, 5.74) is 5.79. The van der Waals surface area contributed by atoms with Gasteiger partial charge in [-0.15, -0.1) is 0 Å². The Kier molecular flexibility index (Phi) is 6.93. The molecule has 218 valence electrons. The van der Waals surface area contributed by atoms with Gasteiger partial charge in [0.05, 0.1) is 12.1 Å². The second-order valence-corrected chi connectivity index (χ2v) is 13.6. The maximum atomic E-state index is 6.39. The van der Waals surface area contributed by atoms with Crippen LogP contribution >= 0.6 is 7.92 Å². The second-order valence-electron chi connectivity index (χ2n) is 11.5. The Morgan fingerprint density at radius 2 is 1.36 bits per heavy atom. The molecule has 2 aliphatic rings. The zero-order valence-corrected chi connectivity index (χ0v) is 25.9. The number of rotatable bonds is 6. The quantitative estimate of drug-likeness (QED) is 0.185. The van der Waals surface area contributed by atoms with E-state index in [1.54, 1.807) is 6.20 Å². The molecule has 0 aliphatic carbocycles. The molecule has 1 unspecified atom stereocenters. The summed E-state index contributed by atoms with van der Waals surface area (Å²) < 4.78 is 6.39. The Morgan fingerprint density at radius 1 is 0.644 bits per heavy atom. The Bertz CT molecular complexity index is 1960. The molecule has 5 heteroatoms. The average Bonchev–Trinajstić information content (AvgIpc) is 3.54. The molecule has 0 amide bonds. The summed E-state index contributed by atoms with van der Waals surface area (Å²) in [6, 6.07) is 52.5. The van der Waals surface area contributed by atoms with Crippen LogP contribution in [0.4, 0.5) is 5.69 Å². The van der Waals surface area contributed by atoms with Crippen LogP contribution in [0, 0.1) is 0 Å². The van der Waals surface area contributed by atoms with Crippen molar-refractivity contribution in [1.82, 2.24) is 9.88 Å². The monoisotopic (exact) mass is 601 g/mol. The van der Waals surface area contributed by atoms with E-state index >= 15 is 0 Å². The highest BCUT2D eigenvalue weighted by molar-refractivity contribution is 7.80. The lowest BCUT2D eigenvalue weighted by Gasteiger charge is -2.45. The summed E-state index contributed by atoms with van der Waals surface area (Å²) in [6.07, 6.45) is 6.05. The first-order valence-corrected chi connectivity index (χ1v) is 16.6. The SMILES string of the molecule is CN1C=CN(c2cccc(P3c4ccccc4C(c4ccccc4)(c4ccccc4)c4ccc(Oc5ccccn5)cc43)c2)C1. The Hall–Kier alpha value is -5.18. The summed E-state index contributed by atoms with van der Waals surface area (Å²) in [5.74, 6) is 1.37. The number of hydrogen-bond donors (Lipinski definition) is 0. The molecule has 5 aromatic carbocycles. The molecule has 45 heavy (non-hydrogen) atoms. The standard InChI is InChI=1S/C40H32N3OP/c1-42-25-26-43(29-42)32-17-12-18-34(27-32)45-37-20-9-8-19-35(37)40(30-13-4-2-5-14-30,31-15-6-3-7-16-31)36-23-22-33(28-38(36)45)44-39-21-10-11-24-41-39/h2-28H,29H2,1H3. The first-order valence-electron chi connectivity index (χ1n) is 15.2. The molecule has 3 heterocycles. The van der Waals surface area contributed by atoms with Crippen molar-refractivity contribution in [2.45, 2.75) is 5.41 Å². The van der Waals surface area contributed by atoms with E-state index < -0.39 is 13.3 Å². The number of aromatic nitrogens is 1. The topological polar surface area (TPSA) is 28.6 Å². The van der Waals surface area contributed by atoms with Crippen molar-refractivity contribution in [3.63, 3.8) is 0 Å². The molecule has 0 spiro atoms. The first kappa shape index (κ1) is 27.4. The summed E-state index contributed by atoms with van der Waals surface area (Å²) in [6.45, 7) is 0.835. The van der Waals surface area contributed by atoms with Gasteiger partial charge in [0.15, 0.2) is 0 Å². The van der Waals surface area contributed by atoms with Crippen LogP contribution in [0.15, 0.2) is 164 Å². The molecule has 2 aliphatic heterocycles. The maximum absolute atomic E-state index is 6.39. The molecule has 8 rings (SSSR count). The lowest BCUT2D eigenvalue weighted by Crippen LogP contribution is -2.45. The highest BCUT2D eigenvalue weighted by Gasteiger charge is 2.47. The van der Waals surface area contributed by atoms with Crippen molar-refractivity contribution in [2.75, 3.05) is 18.6 Å². The normalized spacial score (nSPS) is 16.2. The van der Waals surface area contributed by atoms with Crippen LogP contribution in [-0.4, -0.2) is 23.6 Å². The first-order chi connectivity index (χ1) is 22.2. The minimum Gasteiger partial charge on any atom is -0.439 e. The molecule has 0 N–H and O–H groups in total. The van der Waals surface area contributed by atoms with Crippen molar-refractivity contribution in [1.29, 1.82) is 0 Å². The van der Waals surface area contributed by atoms with Gasteiger partial charge in [-0.05, 0) is 76.4 Å². The lowest BCUT2D eigenvalue weighted by atomic mass is 9.65. The van der Waals surface area contributed by atoms with E-state index in [2.05, 4.69) is 162 Å². The third-order valence-corrected chi connectivity index (χ3v) is 11.3. The van der Waals surface area contributed by atoms with Crippen molar-refractivity contribution in [2.24, 2.45) is 0 Å². The van der Waals surface area contributed by atoms with Gasteiger partial charge in [0.1, 0.15) is 5.75 Å². The molecule has 0 radical (unpaired) electrons. The van der Waals surface area contributed by atoms with Gasteiger partial charge < -0.3 is 14.5 Å². The van der Waals surface area contributed by atoms with Crippen LogP contribution in [0.25, 0.3) is 0 Å². The van der Waals surface area contributed by atoms with E-state index in [0.717, 1.165) is 12.4 Å². The predicted octanol–water partition coefficient (Wildman–Crippen LogP) is 7.51. The van der Waals surface area contributed by atoms with Crippen molar-refractivity contribution >= 4 is 29.5 Å². The molecule has 0 saturated heterocycles. The second kappa shape index (κ2) is 11.4. The van der Waals surface area contributed by atoms with Gasteiger partial charge in [0, 0.05) is 37.4 Å². The zero-order valence-electron chi connectivity index (χ0n) is 25.0. The van der Waals surface area contributed by atoms with E-state index in [1.165, 1.54) is 43.9 Å². The Balaban J connectivity index is 1.41. The van der Waals surface area contributed by atoms with Gasteiger partial charge in [-0.2, -0.15) is 0 Å². The third kappa shape index (κ3) is 4.70. The molecule has 0 saturated carbocycles. The largest absolute Gasteiger partial charge is 0.439 e. The van der Waals surface area contributed by atoms with E-state index in [0.29, 0.717) is 5.88 Å². The molecule has 1 atom stereocenters.